The predicted molar refractivity (Wildman–Crippen MR) is 121 cm³/mol. The molecule has 0 aromatic carbocycles. The molecule has 3 aliphatic rings. The first kappa shape index (κ1) is 20.5. The highest BCUT2D eigenvalue weighted by atomic mass is 35.5. The van der Waals surface area contributed by atoms with Crippen LogP contribution in [0.25, 0.3) is 22.1 Å². The summed E-state index contributed by atoms with van der Waals surface area (Å²) in [6, 6.07) is 9.66. The van der Waals surface area contributed by atoms with Crippen molar-refractivity contribution in [1.29, 1.82) is 0 Å². The average molecular weight is 458 g/mol. The van der Waals surface area contributed by atoms with Gasteiger partial charge in [-0.05, 0) is 79.6 Å². The van der Waals surface area contributed by atoms with E-state index in [0.29, 0.717) is 35.7 Å². The minimum Gasteiger partial charge on any atom is -0.466 e. The van der Waals surface area contributed by atoms with E-state index in [1.807, 2.05) is 42.6 Å². The molecule has 0 aliphatic heterocycles. The zero-order chi connectivity index (χ0) is 21.4. The molecule has 3 heterocycles. The van der Waals surface area contributed by atoms with E-state index >= 15 is 0 Å². The van der Waals surface area contributed by atoms with Crippen molar-refractivity contribution in [1.82, 2.24) is 9.97 Å². The first-order valence-corrected chi connectivity index (χ1v) is 12.0. The molecule has 0 unspecified atom stereocenters. The molecule has 0 saturated heterocycles. The van der Waals surface area contributed by atoms with Gasteiger partial charge in [-0.25, -0.2) is 9.97 Å². The number of halogens is 1. The maximum atomic E-state index is 12.7. The molecular weight excluding hydrogens is 434 g/mol. The van der Waals surface area contributed by atoms with Crippen molar-refractivity contribution in [2.24, 2.45) is 17.8 Å². The largest absolute Gasteiger partial charge is 0.466 e. The van der Waals surface area contributed by atoms with Crippen molar-refractivity contribution >= 4 is 34.7 Å². The summed E-state index contributed by atoms with van der Waals surface area (Å²) in [5, 5.41) is 5.67. The maximum absolute atomic E-state index is 12.7. The number of hydrogen-bond acceptors (Lipinski definition) is 7. The van der Waals surface area contributed by atoms with Crippen molar-refractivity contribution in [2.75, 3.05) is 11.9 Å². The van der Waals surface area contributed by atoms with Gasteiger partial charge >= 0.3 is 5.97 Å². The number of aromatic nitrogens is 2. The van der Waals surface area contributed by atoms with Gasteiger partial charge in [0.15, 0.2) is 5.76 Å². The van der Waals surface area contributed by atoms with Crippen LogP contribution in [0.2, 0.25) is 5.28 Å². The second-order valence-corrected chi connectivity index (χ2v) is 9.46. The van der Waals surface area contributed by atoms with E-state index in [2.05, 4.69) is 15.3 Å². The van der Waals surface area contributed by atoms with E-state index in [0.717, 1.165) is 36.3 Å². The van der Waals surface area contributed by atoms with Gasteiger partial charge in [0, 0.05) is 12.1 Å². The summed E-state index contributed by atoms with van der Waals surface area (Å²) in [6.07, 6.45) is 4.40. The number of carbonyl (C=O) groups excluding carboxylic acids is 1. The van der Waals surface area contributed by atoms with Crippen molar-refractivity contribution in [3.05, 3.63) is 41.0 Å². The normalized spacial score (nSPS) is 24.8. The summed E-state index contributed by atoms with van der Waals surface area (Å²) >= 11 is 7.88. The molecule has 2 bridgehead atoms. The summed E-state index contributed by atoms with van der Waals surface area (Å²) in [7, 11) is 0. The van der Waals surface area contributed by atoms with Crippen molar-refractivity contribution < 1.29 is 13.9 Å². The number of ether oxygens (including phenoxy) is 1. The van der Waals surface area contributed by atoms with E-state index in [-0.39, 0.29) is 23.2 Å². The van der Waals surface area contributed by atoms with Gasteiger partial charge in [-0.3, -0.25) is 4.79 Å². The molecule has 3 aromatic heterocycles. The Morgan fingerprint density at radius 1 is 1.19 bits per heavy atom. The molecule has 162 valence electrons. The Hall–Kier alpha value is -2.38. The van der Waals surface area contributed by atoms with Gasteiger partial charge in [-0.1, -0.05) is 6.07 Å². The Morgan fingerprint density at radius 3 is 2.71 bits per heavy atom. The molecule has 6 rings (SSSR count). The lowest BCUT2D eigenvalue weighted by atomic mass is 9.61. The van der Waals surface area contributed by atoms with Crippen LogP contribution in [0.15, 0.2) is 40.1 Å². The predicted octanol–water partition coefficient (Wildman–Crippen LogP) is 5.90. The highest BCUT2D eigenvalue weighted by Crippen LogP contribution is 2.46. The number of hydrogen-bond donors (Lipinski definition) is 1. The molecule has 3 aromatic rings. The van der Waals surface area contributed by atoms with Crippen LogP contribution in [0.4, 0.5) is 5.82 Å². The van der Waals surface area contributed by atoms with Crippen LogP contribution in [-0.4, -0.2) is 28.6 Å². The van der Waals surface area contributed by atoms with E-state index < -0.39 is 0 Å². The molecular formula is C23H24ClN3O3S. The number of nitrogens with one attached hydrogen (secondary N) is 1. The minimum atomic E-state index is -0.154. The van der Waals surface area contributed by atoms with Crippen LogP contribution in [0.1, 0.15) is 32.6 Å². The number of thiophene rings is 1. The first-order chi connectivity index (χ1) is 15.1. The number of furan rings is 1. The number of carbonyl (C=O) groups is 1. The van der Waals surface area contributed by atoms with Gasteiger partial charge in [0.1, 0.15) is 17.3 Å². The summed E-state index contributed by atoms with van der Waals surface area (Å²) < 4.78 is 11.4. The Morgan fingerprint density at radius 2 is 1.97 bits per heavy atom. The van der Waals surface area contributed by atoms with E-state index in [1.165, 1.54) is 0 Å². The van der Waals surface area contributed by atoms with Gasteiger partial charge in [0.05, 0.1) is 17.4 Å². The highest BCUT2D eigenvalue weighted by Gasteiger charge is 2.48. The molecule has 31 heavy (non-hydrogen) atoms. The van der Waals surface area contributed by atoms with Gasteiger partial charge in [-0.2, -0.15) is 0 Å². The van der Waals surface area contributed by atoms with Crippen LogP contribution in [0.3, 0.4) is 0 Å². The monoisotopic (exact) mass is 457 g/mol. The van der Waals surface area contributed by atoms with Gasteiger partial charge < -0.3 is 14.5 Å². The summed E-state index contributed by atoms with van der Waals surface area (Å²) in [6.45, 7) is 2.25. The number of anilines is 1. The number of rotatable bonds is 6. The van der Waals surface area contributed by atoms with Crippen LogP contribution < -0.4 is 5.32 Å². The molecule has 3 fully saturated rings. The number of nitrogens with zero attached hydrogens (tertiary/aromatic N) is 2. The zero-order valence-corrected chi connectivity index (χ0v) is 18.8. The Balaban J connectivity index is 1.42. The standard InChI is InChI=1S/C23H24ClN3O3S/c1-2-29-22(28)20-13-5-7-14(8-6-13)21(20)26-19-12-15(25-23(24)27-19)16-9-10-17(30-16)18-4-3-11-31-18/h3-4,9-14,20-21H,2,5-8H2,1H3,(H,25,26,27)/t13?,14?,20-,21-/m0/s1. The third-order valence-corrected chi connectivity index (χ3v) is 7.47. The lowest BCUT2D eigenvalue weighted by molar-refractivity contribution is -0.154. The Kier molecular flexibility index (Phi) is 5.71. The Labute approximate surface area is 190 Å². The SMILES string of the molecule is CCOC(=O)[C@H]1C2CCC(CC2)[C@@H]1Nc1cc(-c2ccc(-c3cccs3)o2)nc(Cl)n1. The fourth-order valence-electron chi connectivity index (χ4n) is 5.05. The second-order valence-electron chi connectivity index (χ2n) is 8.17. The highest BCUT2D eigenvalue weighted by molar-refractivity contribution is 7.13. The maximum Gasteiger partial charge on any atom is 0.311 e. The fraction of sp³-hybridized carbons (Fsp3) is 0.435. The van der Waals surface area contributed by atoms with Crippen molar-refractivity contribution in [2.45, 2.75) is 38.6 Å². The third kappa shape index (κ3) is 4.08. The van der Waals surface area contributed by atoms with Crippen LogP contribution >= 0.6 is 22.9 Å². The van der Waals surface area contributed by atoms with Gasteiger partial charge in [0.2, 0.25) is 5.28 Å². The number of esters is 1. The molecule has 6 nitrogen and oxygen atoms in total. The fourth-order valence-corrected chi connectivity index (χ4v) is 5.92. The average Bonchev–Trinajstić information content (AvgIpc) is 3.46. The van der Waals surface area contributed by atoms with Crippen LogP contribution in [0, 0.1) is 17.8 Å². The molecule has 3 saturated carbocycles. The summed E-state index contributed by atoms with van der Waals surface area (Å²) in [4.78, 5) is 22.5. The molecule has 3 aliphatic carbocycles. The van der Waals surface area contributed by atoms with Gasteiger partial charge in [-0.15, -0.1) is 11.3 Å². The zero-order valence-electron chi connectivity index (χ0n) is 17.2. The molecule has 1 N–H and O–H groups in total. The van der Waals surface area contributed by atoms with Crippen molar-refractivity contribution in [3.63, 3.8) is 0 Å². The van der Waals surface area contributed by atoms with Crippen LogP contribution in [-0.2, 0) is 9.53 Å². The molecule has 8 heteroatoms. The Bertz CT molecular complexity index is 1060. The van der Waals surface area contributed by atoms with Crippen LogP contribution in [0.5, 0.6) is 0 Å². The smallest absolute Gasteiger partial charge is 0.311 e. The van der Waals surface area contributed by atoms with E-state index in [1.54, 1.807) is 11.3 Å². The van der Waals surface area contributed by atoms with Crippen molar-refractivity contribution in [3.8, 4) is 22.1 Å². The summed E-state index contributed by atoms with van der Waals surface area (Å²) in [5.74, 6) is 2.54. The minimum absolute atomic E-state index is 0.0105. The number of fused-ring (bicyclic) bond motifs is 3. The van der Waals surface area contributed by atoms with E-state index in [4.69, 9.17) is 20.8 Å². The second kappa shape index (κ2) is 8.63. The summed E-state index contributed by atoms with van der Waals surface area (Å²) in [5.41, 5.74) is 0.610. The third-order valence-electron chi connectivity index (χ3n) is 6.41. The topological polar surface area (TPSA) is 77.2 Å². The van der Waals surface area contributed by atoms with Gasteiger partial charge in [0.25, 0.3) is 0 Å². The molecule has 0 spiro atoms. The molecule has 0 radical (unpaired) electrons. The lowest BCUT2D eigenvalue weighted by Crippen LogP contribution is -2.52. The van der Waals surface area contributed by atoms with E-state index in [9.17, 15) is 4.79 Å². The molecule has 0 amide bonds. The quantitative estimate of drug-likeness (QED) is 0.367. The first-order valence-electron chi connectivity index (χ1n) is 10.7. The molecule has 2 atom stereocenters. The lowest BCUT2D eigenvalue weighted by Gasteiger charge is -2.47.